The van der Waals surface area contributed by atoms with Crippen molar-refractivity contribution in [1.82, 2.24) is 9.80 Å². The number of halogens is 2. The molecular weight excluding hydrogens is 381 g/mol. The van der Waals surface area contributed by atoms with E-state index in [-0.39, 0.29) is 36.8 Å². The van der Waals surface area contributed by atoms with E-state index in [1.807, 2.05) is 11.9 Å². The van der Waals surface area contributed by atoms with Crippen LogP contribution in [0.1, 0.15) is 36.6 Å². The molecule has 0 bridgehead atoms. The van der Waals surface area contributed by atoms with Crippen LogP contribution in [-0.4, -0.2) is 61.1 Å². The molecule has 8 heteroatoms. The Kier molecular flexibility index (Phi) is 9.15. The summed E-state index contributed by atoms with van der Waals surface area (Å²) in [7, 11) is 1.90. The second kappa shape index (κ2) is 10.1. The molecule has 1 saturated heterocycles. The van der Waals surface area contributed by atoms with Crippen LogP contribution in [0.15, 0.2) is 17.5 Å². The Morgan fingerprint density at radius 3 is 2.56 bits per heavy atom. The summed E-state index contributed by atoms with van der Waals surface area (Å²) in [5.41, 5.74) is 5.72. The quantitative estimate of drug-likeness (QED) is 0.811. The van der Waals surface area contributed by atoms with Crippen molar-refractivity contribution in [2.45, 2.75) is 37.3 Å². The van der Waals surface area contributed by atoms with Crippen molar-refractivity contribution in [2.75, 3.05) is 39.9 Å². The van der Waals surface area contributed by atoms with Crippen LogP contribution in [-0.2, 0) is 9.53 Å². The Labute approximate surface area is 166 Å². The van der Waals surface area contributed by atoms with Crippen LogP contribution in [0.4, 0.5) is 0 Å². The van der Waals surface area contributed by atoms with Crippen molar-refractivity contribution in [3.63, 3.8) is 0 Å². The lowest BCUT2D eigenvalue weighted by Gasteiger charge is -2.37. The molecule has 1 amide bonds. The fourth-order valence-corrected chi connectivity index (χ4v) is 4.55. The first-order valence-electron chi connectivity index (χ1n) is 8.50. The van der Waals surface area contributed by atoms with Gasteiger partial charge in [0.2, 0.25) is 5.91 Å². The van der Waals surface area contributed by atoms with Gasteiger partial charge in [0, 0.05) is 31.6 Å². The lowest BCUT2D eigenvalue weighted by Crippen LogP contribution is -2.54. The van der Waals surface area contributed by atoms with Gasteiger partial charge < -0.3 is 15.4 Å². The third-order valence-corrected chi connectivity index (χ3v) is 6.05. The van der Waals surface area contributed by atoms with Crippen LogP contribution in [0.25, 0.3) is 0 Å². The first kappa shape index (κ1) is 22.7. The molecule has 25 heavy (non-hydrogen) atoms. The van der Waals surface area contributed by atoms with Gasteiger partial charge in [-0.25, -0.2) is 0 Å². The van der Waals surface area contributed by atoms with E-state index in [0.29, 0.717) is 6.54 Å². The van der Waals surface area contributed by atoms with Gasteiger partial charge >= 0.3 is 0 Å². The molecule has 1 unspecified atom stereocenters. The number of nitrogens with two attached hydrogens (primary N) is 1. The number of hydrogen-bond acceptors (Lipinski definition) is 5. The van der Waals surface area contributed by atoms with Crippen molar-refractivity contribution < 1.29 is 9.53 Å². The Balaban J connectivity index is 0.00000156. The van der Waals surface area contributed by atoms with Crippen LogP contribution in [0.2, 0.25) is 0 Å². The van der Waals surface area contributed by atoms with E-state index in [2.05, 4.69) is 22.4 Å². The van der Waals surface area contributed by atoms with Gasteiger partial charge in [0.25, 0.3) is 0 Å². The highest BCUT2D eigenvalue weighted by molar-refractivity contribution is 7.10. The summed E-state index contributed by atoms with van der Waals surface area (Å²) in [6.07, 6.45) is 3.76. The predicted octanol–water partition coefficient (Wildman–Crippen LogP) is 2.69. The molecule has 2 N–H and O–H groups in total. The fourth-order valence-electron chi connectivity index (χ4n) is 3.70. The van der Waals surface area contributed by atoms with Crippen LogP contribution < -0.4 is 5.73 Å². The highest BCUT2D eigenvalue weighted by Gasteiger charge is 2.39. The summed E-state index contributed by atoms with van der Waals surface area (Å²) in [4.78, 5) is 18.4. The topological polar surface area (TPSA) is 58.8 Å². The molecular formula is C17H29Cl2N3O2S. The van der Waals surface area contributed by atoms with Gasteiger partial charge in [-0.2, -0.15) is 0 Å². The maximum atomic E-state index is 12.8. The molecule has 1 atom stereocenters. The molecule has 2 aliphatic rings. The average molecular weight is 410 g/mol. The van der Waals surface area contributed by atoms with Crippen molar-refractivity contribution >= 4 is 42.1 Å². The first-order chi connectivity index (χ1) is 11.1. The van der Waals surface area contributed by atoms with E-state index in [4.69, 9.17) is 10.5 Å². The first-order valence-corrected chi connectivity index (χ1v) is 9.38. The highest BCUT2D eigenvalue weighted by atomic mass is 35.5. The van der Waals surface area contributed by atoms with Gasteiger partial charge in [-0.1, -0.05) is 18.9 Å². The summed E-state index contributed by atoms with van der Waals surface area (Å²) >= 11 is 1.76. The number of thiophene rings is 1. The molecule has 0 spiro atoms. The number of ether oxygens (including phenoxy) is 1. The third-order valence-electron chi connectivity index (χ3n) is 5.07. The van der Waals surface area contributed by atoms with E-state index >= 15 is 0 Å². The number of carbonyl (C=O) groups is 1. The largest absolute Gasteiger partial charge is 0.379 e. The van der Waals surface area contributed by atoms with Gasteiger partial charge in [-0.15, -0.1) is 36.2 Å². The minimum atomic E-state index is -0.639. The number of carbonyl (C=O) groups excluding carboxylic acids is 1. The Bertz CT molecular complexity index is 518. The Hall–Kier alpha value is -0.370. The molecule has 5 nitrogen and oxygen atoms in total. The number of likely N-dealkylation sites (N-methyl/N-ethyl adjacent to an activating group) is 1. The lowest BCUT2D eigenvalue weighted by atomic mass is 9.97. The number of morpholine rings is 1. The molecule has 1 aromatic heterocycles. The Morgan fingerprint density at radius 2 is 2.00 bits per heavy atom. The number of nitrogens with zero attached hydrogens (tertiary/aromatic N) is 2. The van der Waals surface area contributed by atoms with Gasteiger partial charge in [-0.3, -0.25) is 9.69 Å². The summed E-state index contributed by atoms with van der Waals surface area (Å²) < 4.78 is 5.48. The van der Waals surface area contributed by atoms with Gasteiger partial charge in [0.1, 0.15) is 0 Å². The zero-order valence-electron chi connectivity index (χ0n) is 14.7. The third kappa shape index (κ3) is 5.31. The predicted molar refractivity (Wildman–Crippen MR) is 107 cm³/mol. The molecule has 1 aromatic rings. The standard InChI is InChI=1S/C17H27N3O2S.2ClH/c1-19(16(21)17(18)6-2-3-7-17)13-14(15-5-4-12-23-15)20-8-10-22-11-9-20;;/h4-5,12,14H,2-3,6-11,13,18H2,1H3;2*1H. The van der Waals surface area contributed by atoms with E-state index < -0.39 is 5.54 Å². The maximum Gasteiger partial charge on any atom is 0.242 e. The maximum absolute atomic E-state index is 12.8. The molecule has 2 heterocycles. The zero-order valence-corrected chi connectivity index (χ0v) is 17.1. The van der Waals surface area contributed by atoms with E-state index in [9.17, 15) is 4.79 Å². The molecule has 3 rings (SSSR count). The van der Waals surface area contributed by atoms with Crippen molar-refractivity contribution in [1.29, 1.82) is 0 Å². The molecule has 1 aliphatic heterocycles. The number of rotatable bonds is 5. The van der Waals surface area contributed by atoms with Crippen LogP contribution in [0.3, 0.4) is 0 Å². The molecule has 1 aliphatic carbocycles. The number of amides is 1. The average Bonchev–Trinajstić information content (AvgIpc) is 3.25. The monoisotopic (exact) mass is 409 g/mol. The SMILES string of the molecule is CN(CC(c1cccs1)N1CCOCC1)C(=O)C1(N)CCCC1.Cl.Cl. The normalized spacial score (nSPS) is 21.0. The van der Waals surface area contributed by atoms with E-state index in [1.54, 1.807) is 11.3 Å². The summed E-state index contributed by atoms with van der Waals surface area (Å²) in [6, 6.07) is 4.48. The smallest absolute Gasteiger partial charge is 0.242 e. The summed E-state index contributed by atoms with van der Waals surface area (Å²) in [5, 5.41) is 2.10. The van der Waals surface area contributed by atoms with Crippen LogP contribution >= 0.6 is 36.2 Å². The highest BCUT2D eigenvalue weighted by Crippen LogP contribution is 2.31. The lowest BCUT2D eigenvalue weighted by molar-refractivity contribution is -0.136. The van der Waals surface area contributed by atoms with Gasteiger partial charge in [0.05, 0.1) is 24.8 Å². The van der Waals surface area contributed by atoms with Crippen molar-refractivity contribution in [3.8, 4) is 0 Å². The number of hydrogen-bond donors (Lipinski definition) is 1. The van der Waals surface area contributed by atoms with Crippen molar-refractivity contribution in [3.05, 3.63) is 22.4 Å². The second-order valence-electron chi connectivity index (χ2n) is 6.73. The van der Waals surface area contributed by atoms with Crippen LogP contribution in [0.5, 0.6) is 0 Å². The molecule has 2 fully saturated rings. The second-order valence-corrected chi connectivity index (χ2v) is 7.71. The zero-order chi connectivity index (χ0) is 16.3. The molecule has 1 saturated carbocycles. The van der Waals surface area contributed by atoms with Crippen LogP contribution in [0, 0.1) is 0 Å². The van der Waals surface area contributed by atoms with Crippen molar-refractivity contribution in [2.24, 2.45) is 5.73 Å². The molecule has 0 aromatic carbocycles. The Morgan fingerprint density at radius 1 is 1.36 bits per heavy atom. The fraction of sp³-hybridized carbons (Fsp3) is 0.706. The summed E-state index contributed by atoms with van der Waals surface area (Å²) in [6.45, 7) is 4.05. The molecule has 144 valence electrons. The van der Waals surface area contributed by atoms with E-state index in [0.717, 1.165) is 52.0 Å². The van der Waals surface area contributed by atoms with E-state index in [1.165, 1.54) is 4.88 Å². The summed E-state index contributed by atoms with van der Waals surface area (Å²) in [5.74, 6) is 0.102. The van der Waals surface area contributed by atoms with Gasteiger partial charge in [0.15, 0.2) is 0 Å². The minimum absolute atomic E-state index is 0. The van der Waals surface area contributed by atoms with Gasteiger partial charge in [-0.05, 0) is 24.3 Å². The minimum Gasteiger partial charge on any atom is -0.379 e. The molecule has 0 radical (unpaired) electrons.